The molecule has 110 valence electrons. The summed E-state index contributed by atoms with van der Waals surface area (Å²) >= 11 is 0. The quantitative estimate of drug-likeness (QED) is 0.363. The molecule has 0 radical (unpaired) electrons. The summed E-state index contributed by atoms with van der Waals surface area (Å²) in [6.45, 7) is 3.43. The molecule has 0 aliphatic heterocycles. The van der Waals surface area contributed by atoms with Gasteiger partial charge in [-0.1, -0.05) is 13.8 Å². The zero-order chi connectivity index (χ0) is 15.5. The maximum Gasteiger partial charge on any atom is 0.307 e. The normalized spacial score (nSPS) is 11.2. The molecule has 1 rings (SSSR count). The molecule has 0 saturated carbocycles. The molecule has 0 fully saturated rings. The van der Waals surface area contributed by atoms with Crippen LogP contribution >= 0.6 is 0 Å². The first-order valence-electron chi connectivity index (χ1n) is 5.76. The summed E-state index contributed by atoms with van der Waals surface area (Å²) in [6.07, 6.45) is 0.320. The van der Waals surface area contributed by atoms with Crippen LogP contribution in [0.15, 0.2) is 12.1 Å². The molecule has 20 heavy (non-hydrogen) atoms. The molecule has 0 spiro atoms. The van der Waals surface area contributed by atoms with Crippen LogP contribution in [0.4, 0.5) is 14.5 Å². The minimum absolute atomic E-state index is 0.000745. The molecular formula is C12H15F2N3O3. The average Bonchev–Trinajstić information content (AvgIpc) is 2.32. The van der Waals surface area contributed by atoms with Crippen molar-refractivity contribution in [2.45, 2.75) is 20.3 Å². The zero-order valence-electron chi connectivity index (χ0n) is 11.1. The Bertz CT molecular complexity index is 547. The summed E-state index contributed by atoms with van der Waals surface area (Å²) in [4.78, 5) is 9.41. The van der Waals surface area contributed by atoms with Gasteiger partial charge in [-0.25, -0.2) is 4.39 Å². The SMILES string of the molecule is CC(C)(CCOc1cc(F)c([N+](=O)[O-])cc1F)C(=N)N. The number of amidine groups is 1. The minimum Gasteiger partial charge on any atom is -0.490 e. The first-order chi connectivity index (χ1) is 9.15. The van der Waals surface area contributed by atoms with Crippen molar-refractivity contribution in [2.24, 2.45) is 11.1 Å². The highest BCUT2D eigenvalue weighted by Gasteiger charge is 2.23. The van der Waals surface area contributed by atoms with Crippen molar-refractivity contribution in [1.29, 1.82) is 5.41 Å². The molecule has 0 atom stereocenters. The Balaban J connectivity index is 2.78. The fraction of sp³-hybridized carbons (Fsp3) is 0.417. The first kappa shape index (κ1) is 15.8. The van der Waals surface area contributed by atoms with Gasteiger partial charge in [0.15, 0.2) is 11.6 Å². The lowest BCUT2D eigenvalue weighted by atomic mass is 9.88. The Kier molecular flexibility index (Phi) is 4.59. The highest BCUT2D eigenvalue weighted by Crippen LogP contribution is 2.27. The zero-order valence-corrected chi connectivity index (χ0v) is 11.1. The van der Waals surface area contributed by atoms with Crippen LogP contribution in [0.25, 0.3) is 0 Å². The lowest BCUT2D eigenvalue weighted by molar-refractivity contribution is -0.387. The molecule has 0 aliphatic rings. The standard InChI is InChI=1S/C12H15F2N3O3/c1-12(2,11(15)16)3-4-20-10-6-7(13)9(17(18)19)5-8(10)14/h5-6H,3-4H2,1-2H3,(H3,15,16). The Morgan fingerprint density at radius 3 is 2.55 bits per heavy atom. The molecule has 0 bridgehead atoms. The van der Waals surface area contributed by atoms with Gasteiger partial charge in [0.2, 0.25) is 5.82 Å². The fourth-order valence-corrected chi connectivity index (χ4v) is 1.32. The average molecular weight is 287 g/mol. The molecule has 0 heterocycles. The summed E-state index contributed by atoms with van der Waals surface area (Å²) in [5.41, 5.74) is 3.80. The minimum atomic E-state index is -1.17. The van der Waals surface area contributed by atoms with Crippen molar-refractivity contribution in [2.75, 3.05) is 6.61 Å². The summed E-state index contributed by atoms with van der Waals surface area (Å²) in [5.74, 6) is -2.64. The van der Waals surface area contributed by atoms with Gasteiger partial charge in [-0.05, 0) is 6.42 Å². The van der Waals surface area contributed by atoms with Gasteiger partial charge in [-0.2, -0.15) is 4.39 Å². The van der Waals surface area contributed by atoms with Crippen LogP contribution in [0.1, 0.15) is 20.3 Å². The summed E-state index contributed by atoms with van der Waals surface area (Å²) in [6, 6.07) is 1.11. The lowest BCUT2D eigenvalue weighted by Gasteiger charge is -2.22. The van der Waals surface area contributed by atoms with Crippen molar-refractivity contribution in [3.8, 4) is 5.75 Å². The van der Waals surface area contributed by atoms with E-state index in [1.54, 1.807) is 13.8 Å². The number of nitrogens with zero attached hydrogens (tertiary/aromatic N) is 1. The number of benzene rings is 1. The molecule has 0 saturated heterocycles. The van der Waals surface area contributed by atoms with Crippen molar-refractivity contribution >= 4 is 11.5 Å². The Hall–Kier alpha value is -2.25. The highest BCUT2D eigenvalue weighted by molar-refractivity contribution is 5.82. The predicted octanol–water partition coefficient (Wildman–Crippen LogP) is 2.60. The largest absolute Gasteiger partial charge is 0.490 e. The third-order valence-electron chi connectivity index (χ3n) is 2.91. The lowest BCUT2D eigenvalue weighted by Crippen LogP contribution is -2.32. The van der Waals surface area contributed by atoms with E-state index in [0.29, 0.717) is 18.6 Å². The van der Waals surface area contributed by atoms with E-state index < -0.39 is 33.4 Å². The number of nitro groups is 1. The smallest absolute Gasteiger partial charge is 0.307 e. The van der Waals surface area contributed by atoms with E-state index in [1.807, 2.05) is 0 Å². The number of hydrogen-bond donors (Lipinski definition) is 2. The van der Waals surface area contributed by atoms with Crippen LogP contribution < -0.4 is 10.5 Å². The van der Waals surface area contributed by atoms with E-state index in [-0.39, 0.29) is 12.4 Å². The number of nitro benzene ring substituents is 1. The van der Waals surface area contributed by atoms with E-state index in [4.69, 9.17) is 15.9 Å². The van der Waals surface area contributed by atoms with Crippen molar-refractivity contribution < 1.29 is 18.4 Å². The van der Waals surface area contributed by atoms with Gasteiger partial charge in [0.25, 0.3) is 0 Å². The van der Waals surface area contributed by atoms with Crippen LogP contribution in [-0.2, 0) is 0 Å². The molecule has 8 heteroatoms. The molecule has 0 unspecified atom stereocenters. The second-order valence-electron chi connectivity index (χ2n) is 4.89. The van der Waals surface area contributed by atoms with Crippen LogP contribution in [-0.4, -0.2) is 17.4 Å². The maximum atomic E-state index is 13.5. The molecule has 6 nitrogen and oxygen atoms in total. The number of nitrogens with one attached hydrogen (secondary N) is 1. The van der Waals surface area contributed by atoms with Crippen molar-refractivity contribution in [3.05, 3.63) is 33.9 Å². The van der Waals surface area contributed by atoms with Gasteiger partial charge in [-0.3, -0.25) is 15.5 Å². The topological polar surface area (TPSA) is 102 Å². The number of ether oxygens (including phenoxy) is 1. The Labute approximate surface area is 114 Å². The Morgan fingerprint density at radius 1 is 1.45 bits per heavy atom. The van der Waals surface area contributed by atoms with E-state index in [9.17, 15) is 18.9 Å². The van der Waals surface area contributed by atoms with E-state index in [1.165, 1.54) is 0 Å². The molecule has 0 aromatic heterocycles. The number of hydrogen-bond acceptors (Lipinski definition) is 4. The third kappa shape index (κ3) is 3.62. The van der Waals surface area contributed by atoms with Gasteiger partial charge in [0, 0.05) is 11.5 Å². The molecular weight excluding hydrogens is 272 g/mol. The van der Waals surface area contributed by atoms with Crippen molar-refractivity contribution in [1.82, 2.24) is 0 Å². The van der Waals surface area contributed by atoms with Gasteiger partial charge in [0.05, 0.1) is 23.4 Å². The van der Waals surface area contributed by atoms with Gasteiger partial charge in [-0.15, -0.1) is 0 Å². The number of nitrogens with two attached hydrogens (primary N) is 1. The van der Waals surface area contributed by atoms with Crippen LogP contribution in [0.5, 0.6) is 5.75 Å². The van der Waals surface area contributed by atoms with Gasteiger partial charge < -0.3 is 10.5 Å². The summed E-state index contributed by atoms with van der Waals surface area (Å²) in [5, 5.41) is 17.8. The van der Waals surface area contributed by atoms with E-state index in [0.717, 1.165) is 0 Å². The predicted molar refractivity (Wildman–Crippen MR) is 68.8 cm³/mol. The molecule has 0 aliphatic carbocycles. The van der Waals surface area contributed by atoms with E-state index >= 15 is 0 Å². The first-order valence-corrected chi connectivity index (χ1v) is 5.76. The molecule has 3 N–H and O–H groups in total. The molecule has 1 aromatic rings. The third-order valence-corrected chi connectivity index (χ3v) is 2.91. The monoisotopic (exact) mass is 287 g/mol. The number of halogens is 2. The van der Waals surface area contributed by atoms with Crippen LogP contribution in [0.3, 0.4) is 0 Å². The van der Waals surface area contributed by atoms with E-state index in [2.05, 4.69) is 0 Å². The summed E-state index contributed by atoms with van der Waals surface area (Å²) < 4.78 is 31.9. The summed E-state index contributed by atoms with van der Waals surface area (Å²) in [7, 11) is 0. The number of rotatable bonds is 6. The second kappa shape index (κ2) is 5.81. The molecule has 1 aromatic carbocycles. The van der Waals surface area contributed by atoms with Gasteiger partial charge in [0.1, 0.15) is 0 Å². The van der Waals surface area contributed by atoms with Crippen molar-refractivity contribution in [3.63, 3.8) is 0 Å². The second-order valence-corrected chi connectivity index (χ2v) is 4.89. The highest BCUT2D eigenvalue weighted by atomic mass is 19.1. The molecule has 0 amide bonds. The van der Waals surface area contributed by atoms with Crippen LogP contribution in [0, 0.1) is 32.6 Å². The van der Waals surface area contributed by atoms with Gasteiger partial charge >= 0.3 is 5.69 Å². The Morgan fingerprint density at radius 2 is 2.05 bits per heavy atom. The van der Waals surface area contributed by atoms with Crippen LogP contribution in [0.2, 0.25) is 0 Å². The maximum absolute atomic E-state index is 13.5. The fourth-order valence-electron chi connectivity index (χ4n) is 1.32.